The van der Waals surface area contributed by atoms with E-state index in [-0.39, 0.29) is 0 Å². The maximum atomic E-state index is 5.89. The molecule has 0 aliphatic heterocycles. The lowest BCUT2D eigenvalue weighted by molar-refractivity contribution is 0.607. The molecule has 0 amide bonds. The zero-order valence-electron chi connectivity index (χ0n) is 9.34. The van der Waals surface area contributed by atoms with Crippen LogP contribution >= 0.6 is 22.6 Å². The van der Waals surface area contributed by atoms with Crippen LogP contribution in [0, 0.1) is 8.99 Å². The highest BCUT2D eigenvalue weighted by Crippen LogP contribution is 2.57. The first kappa shape index (κ1) is 11.1. The number of anilines is 1. The van der Waals surface area contributed by atoms with Gasteiger partial charge in [0.05, 0.1) is 9.26 Å². The highest BCUT2D eigenvalue weighted by Gasteiger charge is 2.48. The van der Waals surface area contributed by atoms with Crippen LogP contribution in [0.25, 0.3) is 0 Å². The Labute approximate surface area is 104 Å². The number of hydrogen-bond acceptors (Lipinski definition) is 3. The summed E-state index contributed by atoms with van der Waals surface area (Å²) in [4.78, 5) is 9.01. The molecule has 2 N–H and O–H groups in total. The highest BCUT2D eigenvalue weighted by atomic mass is 127. The largest absolute Gasteiger partial charge is 0.383 e. The van der Waals surface area contributed by atoms with Crippen molar-refractivity contribution in [2.24, 2.45) is 5.41 Å². The standard InChI is InChI=1S/C11H16IN3/c1-4-7-8(12)9(13)15-10(14-7)6-5-11(6,2)3/h6H,4-5H2,1-3H3,(H2,13,14,15). The lowest BCUT2D eigenvalue weighted by Crippen LogP contribution is -2.07. The lowest BCUT2D eigenvalue weighted by atomic mass is 10.1. The van der Waals surface area contributed by atoms with Crippen molar-refractivity contribution < 1.29 is 0 Å². The molecule has 0 radical (unpaired) electrons. The van der Waals surface area contributed by atoms with Crippen molar-refractivity contribution in [1.82, 2.24) is 9.97 Å². The maximum absolute atomic E-state index is 5.89. The van der Waals surface area contributed by atoms with Crippen LogP contribution in [0.2, 0.25) is 0 Å². The van der Waals surface area contributed by atoms with E-state index in [1.807, 2.05) is 0 Å². The van der Waals surface area contributed by atoms with Crippen molar-refractivity contribution in [3.8, 4) is 0 Å². The van der Waals surface area contributed by atoms with E-state index in [2.05, 4.69) is 53.3 Å². The average molecular weight is 317 g/mol. The molecule has 1 unspecified atom stereocenters. The first-order valence-electron chi connectivity index (χ1n) is 5.27. The van der Waals surface area contributed by atoms with Gasteiger partial charge in [0.1, 0.15) is 11.6 Å². The number of aromatic nitrogens is 2. The summed E-state index contributed by atoms with van der Waals surface area (Å²) in [7, 11) is 0. The third-order valence-electron chi connectivity index (χ3n) is 3.12. The van der Waals surface area contributed by atoms with Gasteiger partial charge in [-0.3, -0.25) is 0 Å². The predicted octanol–water partition coefficient (Wildman–Crippen LogP) is 2.74. The molecule has 15 heavy (non-hydrogen) atoms. The second-order valence-electron chi connectivity index (χ2n) is 4.83. The first-order chi connectivity index (χ1) is 6.95. The van der Waals surface area contributed by atoms with Crippen molar-refractivity contribution in [2.75, 3.05) is 5.73 Å². The number of nitrogens with zero attached hydrogens (tertiary/aromatic N) is 2. The molecule has 1 aliphatic rings. The smallest absolute Gasteiger partial charge is 0.140 e. The Bertz CT molecular complexity index is 401. The molecule has 82 valence electrons. The SMILES string of the molecule is CCc1nc(C2CC2(C)C)nc(N)c1I. The van der Waals surface area contributed by atoms with Crippen LogP contribution in [0.3, 0.4) is 0 Å². The van der Waals surface area contributed by atoms with Crippen LogP contribution in [0.1, 0.15) is 44.6 Å². The molecule has 4 heteroatoms. The van der Waals surface area contributed by atoms with Gasteiger partial charge in [-0.15, -0.1) is 0 Å². The molecule has 1 saturated carbocycles. The van der Waals surface area contributed by atoms with Gasteiger partial charge < -0.3 is 5.73 Å². The van der Waals surface area contributed by atoms with Gasteiger partial charge in [0.2, 0.25) is 0 Å². The van der Waals surface area contributed by atoms with Crippen LogP contribution in [0.5, 0.6) is 0 Å². The average Bonchev–Trinajstić information content (AvgIpc) is 2.80. The Morgan fingerprint density at radius 2 is 2.07 bits per heavy atom. The number of halogens is 1. The van der Waals surface area contributed by atoms with Gasteiger partial charge in [0.15, 0.2) is 0 Å². The second-order valence-corrected chi connectivity index (χ2v) is 5.91. The third-order valence-corrected chi connectivity index (χ3v) is 4.30. The van der Waals surface area contributed by atoms with E-state index in [9.17, 15) is 0 Å². The van der Waals surface area contributed by atoms with E-state index in [0.717, 1.165) is 21.5 Å². The predicted molar refractivity (Wildman–Crippen MR) is 69.7 cm³/mol. The number of rotatable bonds is 2. The summed E-state index contributed by atoms with van der Waals surface area (Å²) in [5.41, 5.74) is 7.34. The maximum Gasteiger partial charge on any atom is 0.140 e. The number of aryl methyl sites for hydroxylation is 1. The van der Waals surface area contributed by atoms with Gasteiger partial charge in [0.25, 0.3) is 0 Å². The summed E-state index contributed by atoms with van der Waals surface area (Å²) in [6.07, 6.45) is 2.10. The number of hydrogen-bond donors (Lipinski definition) is 1. The molecule has 1 fully saturated rings. The fraction of sp³-hybridized carbons (Fsp3) is 0.636. The molecule has 0 aromatic carbocycles. The molecule has 1 aromatic rings. The zero-order valence-corrected chi connectivity index (χ0v) is 11.5. The van der Waals surface area contributed by atoms with Crippen molar-refractivity contribution in [3.05, 3.63) is 15.1 Å². The molecule has 1 aromatic heterocycles. The molecule has 1 atom stereocenters. The van der Waals surface area contributed by atoms with Crippen LogP contribution in [0.4, 0.5) is 5.82 Å². The van der Waals surface area contributed by atoms with Gasteiger partial charge >= 0.3 is 0 Å². The Morgan fingerprint density at radius 3 is 2.53 bits per heavy atom. The van der Waals surface area contributed by atoms with Gasteiger partial charge in [-0.2, -0.15) is 0 Å². The van der Waals surface area contributed by atoms with Crippen molar-refractivity contribution in [3.63, 3.8) is 0 Å². The minimum Gasteiger partial charge on any atom is -0.383 e. The fourth-order valence-corrected chi connectivity index (χ4v) is 2.45. The molecule has 0 saturated heterocycles. The Balaban J connectivity index is 2.39. The zero-order chi connectivity index (χ0) is 11.2. The molecule has 2 rings (SSSR count). The Hall–Kier alpha value is -0.390. The summed E-state index contributed by atoms with van der Waals surface area (Å²) in [5, 5.41) is 0. The number of nitrogens with two attached hydrogens (primary N) is 1. The molecule has 0 spiro atoms. The van der Waals surface area contributed by atoms with Crippen LogP contribution in [-0.4, -0.2) is 9.97 Å². The van der Waals surface area contributed by atoms with Gasteiger partial charge in [-0.1, -0.05) is 20.8 Å². The van der Waals surface area contributed by atoms with Crippen LogP contribution in [-0.2, 0) is 6.42 Å². The lowest BCUT2D eigenvalue weighted by Gasteiger charge is -2.08. The van der Waals surface area contributed by atoms with E-state index in [1.54, 1.807) is 0 Å². The number of nitrogen functional groups attached to an aromatic ring is 1. The summed E-state index contributed by atoms with van der Waals surface area (Å²) < 4.78 is 1.01. The van der Waals surface area contributed by atoms with Crippen molar-refractivity contribution in [1.29, 1.82) is 0 Å². The Kier molecular flexibility index (Phi) is 2.65. The van der Waals surface area contributed by atoms with E-state index < -0.39 is 0 Å². The van der Waals surface area contributed by atoms with E-state index in [4.69, 9.17) is 5.73 Å². The van der Waals surface area contributed by atoms with Gasteiger partial charge in [-0.25, -0.2) is 9.97 Å². The normalized spacial score (nSPS) is 22.8. The molecule has 0 bridgehead atoms. The fourth-order valence-electron chi connectivity index (χ4n) is 1.83. The highest BCUT2D eigenvalue weighted by molar-refractivity contribution is 14.1. The topological polar surface area (TPSA) is 51.8 Å². The van der Waals surface area contributed by atoms with Crippen molar-refractivity contribution in [2.45, 2.75) is 39.5 Å². The molecular weight excluding hydrogens is 301 g/mol. The monoisotopic (exact) mass is 317 g/mol. The van der Waals surface area contributed by atoms with Crippen LogP contribution < -0.4 is 5.73 Å². The summed E-state index contributed by atoms with van der Waals surface area (Å²) >= 11 is 2.22. The molecule has 1 heterocycles. The molecule has 1 aliphatic carbocycles. The molecular formula is C11H16IN3. The third kappa shape index (κ3) is 1.96. The first-order valence-corrected chi connectivity index (χ1v) is 6.35. The molecule has 3 nitrogen and oxygen atoms in total. The summed E-state index contributed by atoms with van der Waals surface area (Å²) in [6.45, 7) is 6.60. The Morgan fingerprint density at radius 1 is 1.47 bits per heavy atom. The minimum absolute atomic E-state index is 0.365. The quantitative estimate of drug-likeness (QED) is 0.853. The van der Waals surface area contributed by atoms with Crippen molar-refractivity contribution >= 4 is 28.4 Å². The van der Waals surface area contributed by atoms with E-state index in [1.165, 1.54) is 6.42 Å². The van der Waals surface area contributed by atoms with Gasteiger partial charge in [-0.05, 0) is 40.8 Å². The summed E-state index contributed by atoms with van der Waals surface area (Å²) in [6, 6.07) is 0. The minimum atomic E-state index is 0.365. The van der Waals surface area contributed by atoms with E-state index in [0.29, 0.717) is 17.2 Å². The summed E-state index contributed by atoms with van der Waals surface area (Å²) in [5.74, 6) is 2.08. The van der Waals surface area contributed by atoms with Crippen LogP contribution in [0.15, 0.2) is 0 Å². The van der Waals surface area contributed by atoms with Gasteiger partial charge in [0, 0.05) is 5.92 Å². The van der Waals surface area contributed by atoms with E-state index >= 15 is 0 Å². The second kappa shape index (κ2) is 3.57.